The number of hydrogen-bond donors (Lipinski definition) is 14. The van der Waals surface area contributed by atoms with Crippen molar-refractivity contribution in [1.82, 2.24) is 21.3 Å². The van der Waals surface area contributed by atoms with E-state index in [1.165, 1.54) is 0 Å². The molecule has 0 heterocycles. The largest absolute Gasteiger partial charge is 0.467 e. The van der Waals surface area contributed by atoms with Crippen LogP contribution in [-0.2, 0) is 35.3 Å². The zero-order valence-corrected chi connectivity index (χ0v) is 28.4. The van der Waals surface area contributed by atoms with Crippen molar-refractivity contribution in [2.75, 3.05) is 33.4 Å². The molecule has 0 aromatic heterocycles. The fourth-order valence-corrected chi connectivity index (χ4v) is 4.37. The van der Waals surface area contributed by atoms with Crippen molar-refractivity contribution in [2.45, 2.75) is 93.2 Å². The first-order valence-electron chi connectivity index (χ1n) is 16.1. The summed E-state index contributed by atoms with van der Waals surface area (Å²) in [4.78, 5) is 63.3. The number of benzene rings is 1. The molecular weight excluding hydrogens is 700 g/mol. The third-order valence-corrected chi connectivity index (χ3v) is 7.61. The Balaban J connectivity index is 2.91. The van der Waals surface area contributed by atoms with Crippen LogP contribution < -0.4 is 21.3 Å². The molecule has 0 saturated heterocycles. The summed E-state index contributed by atoms with van der Waals surface area (Å²) in [5.41, 5.74) is 0.611. The maximum absolute atomic E-state index is 13.3. The molecule has 52 heavy (non-hydrogen) atoms. The molecule has 0 aliphatic heterocycles. The summed E-state index contributed by atoms with van der Waals surface area (Å²) in [5.74, 6) is -3.59. The van der Waals surface area contributed by atoms with E-state index in [1.807, 2.05) is 0 Å². The number of aliphatic hydroxyl groups is 10. The van der Waals surface area contributed by atoms with Crippen LogP contribution in [0.2, 0.25) is 0 Å². The third kappa shape index (κ3) is 16.5. The zero-order valence-electron chi connectivity index (χ0n) is 28.4. The number of ether oxygens (including phenoxy) is 2. The lowest BCUT2D eigenvalue weighted by Gasteiger charge is -2.26. The van der Waals surface area contributed by atoms with Gasteiger partial charge in [0.25, 0.3) is 0 Å². The summed E-state index contributed by atoms with van der Waals surface area (Å²) in [7, 11) is 1.00. The molecule has 0 bridgehead atoms. The van der Waals surface area contributed by atoms with E-state index < -0.39 is 136 Å². The Kier molecular flexibility index (Phi) is 21.5. The van der Waals surface area contributed by atoms with Crippen LogP contribution in [0.4, 0.5) is 4.79 Å². The quantitative estimate of drug-likeness (QED) is 0.0437. The Bertz CT molecular complexity index is 1250. The Morgan fingerprint density at radius 3 is 1.52 bits per heavy atom. The molecule has 0 aliphatic carbocycles. The summed E-state index contributed by atoms with van der Waals surface area (Å²) in [5, 5.41) is 105. The van der Waals surface area contributed by atoms with Gasteiger partial charge in [-0.3, -0.25) is 14.4 Å². The molecule has 296 valence electrons. The molecule has 0 spiro atoms. The Hall–Kier alpha value is -4.03. The van der Waals surface area contributed by atoms with Crippen LogP contribution in [0.25, 0.3) is 0 Å². The van der Waals surface area contributed by atoms with Crippen LogP contribution in [0.1, 0.15) is 31.2 Å². The highest BCUT2D eigenvalue weighted by Crippen LogP contribution is 2.09. The summed E-state index contributed by atoms with van der Waals surface area (Å²) in [6, 6.07) is 5.47. The average molecular weight is 751 g/mol. The van der Waals surface area contributed by atoms with Crippen LogP contribution in [0, 0.1) is 0 Å². The first-order chi connectivity index (χ1) is 24.6. The molecule has 21 nitrogen and oxygen atoms in total. The number of alkyl carbamates (subject to hydrolysis) is 1. The molecular formula is C31H50N4O17. The molecule has 21 heteroatoms. The first kappa shape index (κ1) is 46.0. The van der Waals surface area contributed by atoms with Crippen molar-refractivity contribution in [3.63, 3.8) is 0 Å². The standard InChI is InChI=1S/C31H50N4O17/c1-51-30(49)18(8-10-24(43)33-12-20(39)26(45)28(47)22(41)14-37)34-29(48)17(35-31(50)52-15-16-5-3-2-4-6-16)7-9-23(42)32-11-19(38)25(44)27(46)21(40)13-36/h2-6,17-22,25-28,36-41,44-47H,7-15H2,1H3,(H,32,42)(H,33,43)(H,34,48)(H,35,50)/t17-,18-,19-,20-,21-,22-,25-,26-,27+,28+/m0/s1. The number of hydrogen-bond acceptors (Lipinski definition) is 17. The number of nitrogens with one attached hydrogen (secondary N) is 4. The van der Waals surface area contributed by atoms with Crippen LogP contribution >= 0.6 is 0 Å². The zero-order chi connectivity index (χ0) is 39.4. The van der Waals surface area contributed by atoms with Crippen molar-refractivity contribution < 1.29 is 84.5 Å². The number of carbonyl (C=O) groups excluding carboxylic acids is 5. The number of carbonyl (C=O) groups is 5. The topological polar surface area (TPSA) is 354 Å². The van der Waals surface area contributed by atoms with Gasteiger partial charge in [0, 0.05) is 25.9 Å². The summed E-state index contributed by atoms with van der Waals surface area (Å²) >= 11 is 0. The Morgan fingerprint density at radius 2 is 1.08 bits per heavy atom. The molecule has 0 radical (unpaired) electrons. The van der Waals surface area contributed by atoms with Crippen molar-refractivity contribution in [2.24, 2.45) is 0 Å². The molecule has 0 aliphatic rings. The molecule has 10 atom stereocenters. The normalized spacial score (nSPS) is 17.1. The molecule has 4 amide bonds. The number of rotatable bonds is 24. The lowest BCUT2D eigenvalue weighted by Crippen LogP contribution is -2.52. The second kappa shape index (κ2) is 24.3. The third-order valence-electron chi connectivity index (χ3n) is 7.61. The molecule has 0 fully saturated rings. The number of methoxy groups -OCH3 is 1. The highest BCUT2D eigenvalue weighted by atomic mass is 16.5. The monoisotopic (exact) mass is 750 g/mol. The lowest BCUT2D eigenvalue weighted by molar-refractivity contribution is -0.145. The van der Waals surface area contributed by atoms with Crippen LogP contribution in [0.15, 0.2) is 30.3 Å². The van der Waals surface area contributed by atoms with Gasteiger partial charge >= 0.3 is 12.1 Å². The Morgan fingerprint density at radius 1 is 0.635 bits per heavy atom. The van der Waals surface area contributed by atoms with Crippen molar-refractivity contribution >= 4 is 29.8 Å². The minimum Gasteiger partial charge on any atom is -0.467 e. The molecule has 0 unspecified atom stereocenters. The molecule has 1 aromatic carbocycles. The van der Waals surface area contributed by atoms with Crippen molar-refractivity contribution in [3.05, 3.63) is 35.9 Å². The molecule has 14 N–H and O–H groups in total. The van der Waals surface area contributed by atoms with Crippen LogP contribution in [-0.4, -0.2) is 175 Å². The summed E-state index contributed by atoms with van der Waals surface area (Å²) < 4.78 is 9.84. The van der Waals surface area contributed by atoms with E-state index in [-0.39, 0.29) is 13.0 Å². The van der Waals surface area contributed by atoms with E-state index in [0.29, 0.717) is 5.56 Å². The second-order valence-electron chi connectivity index (χ2n) is 11.6. The summed E-state index contributed by atoms with van der Waals surface area (Å²) in [6.45, 7) is -3.23. The van der Waals surface area contributed by atoms with Gasteiger partial charge in [-0.15, -0.1) is 0 Å². The van der Waals surface area contributed by atoms with E-state index in [4.69, 9.17) is 19.7 Å². The molecule has 1 rings (SSSR count). The predicted octanol–water partition coefficient (Wildman–Crippen LogP) is -6.40. The van der Waals surface area contributed by atoms with E-state index in [9.17, 15) is 64.8 Å². The SMILES string of the molecule is COC(=O)[C@H](CCC(=O)NC[C@H](O)[C@H](O)[C@H](O)[C@@H](O)CO)NC(=O)[C@H](CCC(=O)NC[C@H](O)[C@H](O)[C@H](O)[C@@H](O)CO)NC(=O)OCc1ccccc1. The van der Waals surface area contributed by atoms with E-state index >= 15 is 0 Å². The fourth-order valence-electron chi connectivity index (χ4n) is 4.37. The van der Waals surface area contributed by atoms with Gasteiger partial charge in [-0.05, 0) is 18.4 Å². The first-order valence-corrected chi connectivity index (χ1v) is 16.1. The van der Waals surface area contributed by atoms with E-state index in [2.05, 4.69) is 21.3 Å². The highest BCUT2D eigenvalue weighted by molar-refractivity contribution is 5.90. The average Bonchev–Trinajstić information content (AvgIpc) is 3.15. The van der Waals surface area contributed by atoms with Crippen LogP contribution in [0.5, 0.6) is 0 Å². The minimum atomic E-state index is -1.95. The molecule has 0 saturated carbocycles. The smallest absolute Gasteiger partial charge is 0.408 e. The second-order valence-corrected chi connectivity index (χ2v) is 11.6. The fraction of sp³-hybridized carbons (Fsp3) is 0.645. The van der Waals surface area contributed by atoms with Crippen LogP contribution in [0.3, 0.4) is 0 Å². The Labute approximate surface area is 298 Å². The van der Waals surface area contributed by atoms with Crippen molar-refractivity contribution in [3.8, 4) is 0 Å². The van der Waals surface area contributed by atoms with Gasteiger partial charge in [0.05, 0.1) is 32.5 Å². The maximum atomic E-state index is 13.3. The van der Waals surface area contributed by atoms with Gasteiger partial charge in [0.1, 0.15) is 55.3 Å². The van der Waals surface area contributed by atoms with Gasteiger partial charge in [-0.25, -0.2) is 9.59 Å². The van der Waals surface area contributed by atoms with Gasteiger partial charge in [-0.1, -0.05) is 30.3 Å². The van der Waals surface area contributed by atoms with Gasteiger partial charge in [0.2, 0.25) is 17.7 Å². The minimum absolute atomic E-state index is 0.189. The predicted molar refractivity (Wildman–Crippen MR) is 174 cm³/mol. The molecule has 1 aromatic rings. The number of amides is 4. The van der Waals surface area contributed by atoms with Gasteiger partial charge in [-0.2, -0.15) is 0 Å². The van der Waals surface area contributed by atoms with Gasteiger partial charge < -0.3 is 81.8 Å². The van der Waals surface area contributed by atoms with E-state index in [1.54, 1.807) is 30.3 Å². The van der Waals surface area contributed by atoms with Gasteiger partial charge in [0.15, 0.2) is 0 Å². The number of aliphatic hydroxyl groups excluding tert-OH is 10. The van der Waals surface area contributed by atoms with E-state index in [0.717, 1.165) is 7.11 Å². The summed E-state index contributed by atoms with van der Waals surface area (Å²) in [6.07, 6.45) is -17.6. The lowest BCUT2D eigenvalue weighted by atomic mass is 10.0. The maximum Gasteiger partial charge on any atom is 0.408 e. The number of esters is 1. The van der Waals surface area contributed by atoms with Crippen molar-refractivity contribution in [1.29, 1.82) is 0 Å². The highest BCUT2D eigenvalue weighted by Gasteiger charge is 2.32.